The first kappa shape index (κ1) is 18.0. The van der Waals surface area contributed by atoms with Crippen molar-refractivity contribution in [3.05, 3.63) is 53.1 Å². The minimum absolute atomic E-state index is 0.170. The molecule has 2 N–H and O–H groups in total. The molecule has 6 nitrogen and oxygen atoms in total. The summed E-state index contributed by atoms with van der Waals surface area (Å²) in [7, 11) is 1.33. The maximum atomic E-state index is 12.3. The van der Waals surface area contributed by atoms with Gasteiger partial charge in [0.1, 0.15) is 0 Å². The van der Waals surface area contributed by atoms with Crippen molar-refractivity contribution in [3.8, 4) is 0 Å². The minimum atomic E-state index is -0.438. The predicted octanol–water partition coefficient (Wildman–Crippen LogP) is 3.70. The van der Waals surface area contributed by atoms with Crippen LogP contribution in [0, 0.1) is 13.8 Å². The van der Waals surface area contributed by atoms with Crippen LogP contribution in [-0.2, 0) is 9.53 Å². The molecule has 0 aliphatic rings. The van der Waals surface area contributed by atoms with Crippen LogP contribution in [0.5, 0.6) is 0 Å². The van der Waals surface area contributed by atoms with Gasteiger partial charge in [-0.3, -0.25) is 4.79 Å². The van der Waals surface area contributed by atoms with Crippen LogP contribution in [0.1, 0.15) is 21.5 Å². The lowest BCUT2D eigenvalue weighted by Gasteiger charge is -2.09. The summed E-state index contributed by atoms with van der Waals surface area (Å²) in [5.41, 5.74) is 4.84. The summed E-state index contributed by atoms with van der Waals surface area (Å²) >= 11 is 1.33. The van der Waals surface area contributed by atoms with Crippen molar-refractivity contribution in [3.63, 3.8) is 0 Å². The van der Waals surface area contributed by atoms with Gasteiger partial charge < -0.3 is 15.0 Å². The number of nitrogens with one attached hydrogen (secondary N) is 2. The number of methoxy groups -OCH3 is 1. The summed E-state index contributed by atoms with van der Waals surface area (Å²) in [5.74, 6) is -0.398. The fraction of sp³-hybridized carbons (Fsp3) is 0.211. The number of carbonyl (C=O) groups excluding carboxylic acids is 2. The molecule has 26 heavy (non-hydrogen) atoms. The van der Waals surface area contributed by atoms with E-state index in [-0.39, 0.29) is 11.7 Å². The van der Waals surface area contributed by atoms with Crippen molar-refractivity contribution in [2.24, 2.45) is 0 Å². The minimum Gasteiger partial charge on any atom is -0.465 e. The maximum absolute atomic E-state index is 12.3. The van der Waals surface area contributed by atoms with Crippen LogP contribution < -0.4 is 5.32 Å². The lowest BCUT2D eigenvalue weighted by molar-refractivity contribution is -0.113. The van der Waals surface area contributed by atoms with E-state index in [1.54, 1.807) is 18.2 Å². The number of ether oxygens (including phenoxy) is 1. The molecule has 1 aromatic heterocycles. The van der Waals surface area contributed by atoms with Crippen LogP contribution in [-0.4, -0.2) is 34.7 Å². The number of rotatable bonds is 5. The number of aryl methyl sites for hydroxylation is 2. The second kappa shape index (κ2) is 7.61. The molecule has 0 aliphatic heterocycles. The third-order valence-corrected chi connectivity index (χ3v) is 4.76. The summed E-state index contributed by atoms with van der Waals surface area (Å²) in [6.07, 6.45) is 0. The highest BCUT2D eigenvalue weighted by atomic mass is 32.2. The normalized spacial score (nSPS) is 10.7. The van der Waals surface area contributed by atoms with Gasteiger partial charge in [0.05, 0.1) is 29.5 Å². The number of nitrogens with zero attached hydrogens (tertiary/aromatic N) is 1. The first-order valence-electron chi connectivity index (χ1n) is 8.04. The first-order valence-corrected chi connectivity index (χ1v) is 9.03. The van der Waals surface area contributed by atoms with Crippen LogP contribution in [0.25, 0.3) is 11.0 Å². The monoisotopic (exact) mass is 369 g/mol. The molecule has 0 saturated heterocycles. The highest BCUT2D eigenvalue weighted by Crippen LogP contribution is 2.22. The lowest BCUT2D eigenvalue weighted by atomic mass is 10.1. The number of anilines is 1. The Hall–Kier alpha value is -2.80. The second-order valence-corrected chi connectivity index (χ2v) is 6.88. The molecule has 0 spiro atoms. The summed E-state index contributed by atoms with van der Waals surface area (Å²) < 4.78 is 4.71. The Labute approximate surface area is 155 Å². The summed E-state index contributed by atoms with van der Waals surface area (Å²) in [6, 6.07) is 11.0. The summed E-state index contributed by atoms with van der Waals surface area (Å²) in [4.78, 5) is 31.6. The fourth-order valence-electron chi connectivity index (χ4n) is 2.49. The fourth-order valence-corrected chi connectivity index (χ4v) is 3.18. The largest absolute Gasteiger partial charge is 0.465 e. The highest BCUT2D eigenvalue weighted by molar-refractivity contribution is 7.99. The molecule has 0 unspecified atom stereocenters. The van der Waals surface area contributed by atoms with E-state index in [4.69, 9.17) is 4.74 Å². The predicted molar refractivity (Wildman–Crippen MR) is 103 cm³/mol. The Morgan fingerprint density at radius 2 is 2.00 bits per heavy atom. The maximum Gasteiger partial charge on any atom is 0.337 e. The number of aromatic nitrogens is 2. The topological polar surface area (TPSA) is 84.1 Å². The Balaban J connectivity index is 1.66. The summed E-state index contributed by atoms with van der Waals surface area (Å²) in [5, 5.41) is 3.53. The SMILES string of the molecule is COC(=O)c1ccc(C)c(NC(=O)CSc2nc3ccc(C)cc3[nH]2)c1. The molecular weight excluding hydrogens is 350 g/mol. The van der Waals surface area contributed by atoms with Gasteiger partial charge in [0.2, 0.25) is 5.91 Å². The number of amides is 1. The second-order valence-electron chi connectivity index (χ2n) is 5.92. The number of fused-ring (bicyclic) bond motifs is 1. The molecule has 0 radical (unpaired) electrons. The molecule has 0 atom stereocenters. The highest BCUT2D eigenvalue weighted by Gasteiger charge is 2.12. The molecular formula is C19H19N3O3S. The van der Waals surface area contributed by atoms with Crippen molar-refractivity contribution >= 4 is 40.4 Å². The van der Waals surface area contributed by atoms with Crippen LogP contribution in [0.2, 0.25) is 0 Å². The molecule has 2 aromatic carbocycles. The molecule has 1 heterocycles. The van der Waals surface area contributed by atoms with Crippen molar-refractivity contribution in [1.29, 1.82) is 0 Å². The smallest absolute Gasteiger partial charge is 0.337 e. The molecule has 3 aromatic rings. The molecule has 3 rings (SSSR count). The van der Waals surface area contributed by atoms with Crippen molar-refractivity contribution in [2.75, 3.05) is 18.2 Å². The molecule has 0 aliphatic carbocycles. The molecule has 0 saturated carbocycles. The number of aromatic amines is 1. The van der Waals surface area contributed by atoms with Gasteiger partial charge in [-0.15, -0.1) is 0 Å². The van der Waals surface area contributed by atoms with E-state index in [0.29, 0.717) is 16.4 Å². The number of H-pyrrole nitrogens is 1. The van der Waals surface area contributed by atoms with Crippen molar-refractivity contribution in [2.45, 2.75) is 19.0 Å². The number of hydrogen-bond donors (Lipinski definition) is 2. The Bertz CT molecular complexity index is 981. The van der Waals surface area contributed by atoms with Crippen LogP contribution >= 0.6 is 11.8 Å². The van der Waals surface area contributed by atoms with Crippen molar-refractivity contribution < 1.29 is 14.3 Å². The van der Waals surface area contributed by atoms with Gasteiger partial charge >= 0.3 is 5.97 Å². The zero-order valence-electron chi connectivity index (χ0n) is 14.8. The van der Waals surface area contributed by atoms with Gasteiger partial charge in [-0.05, 0) is 49.2 Å². The molecule has 7 heteroatoms. The zero-order chi connectivity index (χ0) is 18.7. The number of carbonyl (C=O) groups is 2. The number of esters is 1. The average Bonchev–Trinajstić information content (AvgIpc) is 3.03. The Morgan fingerprint density at radius 3 is 2.77 bits per heavy atom. The number of imidazole rings is 1. The standard InChI is InChI=1S/C19H19N3O3S/c1-11-4-7-14-16(8-11)22-19(21-14)26-10-17(23)20-15-9-13(18(24)25-3)6-5-12(15)2/h4-9H,10H2,1-3H3,(H,20,23)(H,21,22). The van der Waals surface area contributed by atoms with E-state index < -0.39 is 5.97 Å². The van der Waals surface area contributed by atoms with Crippen molar-refractivity contribution in [1.82, 2.24) is 9.97 Å². The average molecular weight is 369 g/mol. The van der Waals surface area contributed by atoms with Gasteiger partial charge in [-0.2, -0.15) is 0 Å². The number of thioether (sulfide) groups is 1. The third-order valence-electron chi connectivity index (χ3n) is 3.89. The lowest BCUT2D eigenvalue weighted by Crippen LogP contribution is -2.15. The van der Waals surface area contributed by atoms with E-state index in [9.17, 15) is 9.59 Å². The van der Waals surface area contributed by atoms with Crippen LogP contribution in [0.4, 0.5) is 5.69 Å². The molecule has 134 valence electrons. The van der Waals surface area contributed by atoms with Gasteiger partial charge in [0.15, 0.2) is 5.16 Å². The van der Waals surface area contributed by atoms with Gasteiger partial charge in [-0.1, -0.05) is 23.9 Å². The number of benzene rings is 2. The van der Waals surface area contributed by atoms with Gasteiger partial charge in [0.25, 0.3) is 0 Å². The zero-order valence-corrected chi connectivity index (χ0v) is 15.6. The van der Waals surface area contributed by atoms with E-state index >= 15 is 0 Å². The van der Waals surface area contributed by atoms with Crippen LogP contribution in [0.3, 0.4) is 0 Å². The first-order chi connectivity index (χ1) is 12.5. The van der Waals surface area contributed by atoms with E-state index in [1.807, 2.05) is 32.0 Å². The van der Waals surface area contributed by atoms with E-state index in [0.717, 1.165) is 22.2 Å². The third kappa shape index (κ3) is 4.05. The van der Waals surface area contributed by atoms with E-state index in [1.165, 1.54) is 18.9 Å². The van der Waals surface area contributed by atoms with Crippen LogP contribution in [0.15, 0.2) is 41.6 Å². The number of hydrogen-bond acceptors (Lipinski definition) is 5. The van der Waals surface area contributed by atoms with E-state index in [2.05, 4.69) is 15.3 Å². The Morgan fingerprint density at radius 1 is 1.19 bits per heavy atom. The Kier molecular flexibility index (Phi) is 5.27. The van der Waals surface area contributed by atoms with Gasteiger partial charge in [0, 0.05) is 5.69 Å². The molecule has 0 fully saturated rings. The molecule has 0 bridgehead atoms. The quantitative estimate of drug-likeness (QED) is 0.529. The molecule has 1 amide bonds. The summed E-state index contributed by atoms with van der Waals surface area (Å²) in [6.45, 7) is 3.89. The van der Waals surface area contributed by atoms with Gasteiger partial charge in [-0.25, -0.2) is 9.78 Å².